The lowest BCUT2D eigenvalue weighted by Gasteiger charge is -2.34. The van der Waals surface area contributed by atoms with Crippen LogP contribution in [-0.4, -0.2) is 50.9 Å². The van der Waals surface area contributed by atoms with Crippen molar-refractivity contribution >= 4 is 23.2 Å². The summed E-state index contributed by atoms with van der Waals surface area (Å²) in [5.41, 5.74) is 8.16. The number of aliphatic imine (C=N–C) groups is 1. The van der Waals surface area contributed by atoms with Crippen molar-refractivity contribution in [2.24, 2.45) is 4.99 Å². The van der Waals surface area contributed by atoms with Gasteiger partial charge in [0.05, 0.1) is 19.1 Å². The van der Waals surface area contributed by atoms with Crippen LogP contribution in [0.2, 0.25) is 0 Å². The SMILES string of the molecule is CN1CCN(c2ccc(N/C=C3\CN=Cc4ccc(-c5ccoc5)cc43)cc2)CC1. The molecule has 2 aliphatic rings. The third-order valence-corrected chi connectivity index (χ3v) is 5.89. The second kappa shape index (κ2) is 8.20. The van der Waals surface area contributed by atoms with Crippen LogP contribution in [0.25, 0.3) is 16.7 Å². The molecule has 0 amide bonds. The maximum absolute atomic E-state index is 5.24. The van der Waals surface area contributed by atoms with E-state index >= 15 is 0 Å². The van der Waals surface area contributed by atoms with Gasteiger partial charge in [0, 0.05) is 55.5 Å². The number of fused-ring (bicyclic) bond motifs is 1. The van der Waals surface area contributed by atoms with Crippen molar-refractivity contribution in [1.29, 1.82) is 0 Å². The first-order chi connectivity index (χ1) is 14.8. The molecular formula is C25H26N4O. The molecule has 0 bridgehead atoms. The molecule has 3 aromatic rings. The van der Waals surface area contributed by atoms with E-state index in [2.05, 4.69) is 75.8 Å². The summed E-state index contributed by atoms with van der Waals surface area (Å²) in [6, 6.07) is 17.2. The van der Waals surface area contributed by atoms with Gasteiger partial charge >= 0.3 is 0 Å². The number of furan rings is 1. The fraction of sp³-hybridized carbons (Fsp3) is 0.240. The minimum Gasteiger partial charge on any atom is -0.472 e. The zero-order chi connectivity index (χ0) is 20.3. The minimum absolute atomic E-state index is 0.675. The average molecular weight is 399 g/mol. The van der Waals surface area contributed by atoms with Crippen molar-refractivity contribution < 1.29 is 4.42 Å². The highest BCUT2D eigenvalue weighted by atomic mass is 16.3. The van der Waals surface area contributed by atoms with E-state index in [9.17, 15) is 0 Å². The Morgan fingerprint density at radius 3 is 2.57 bits per heavy atom. The van der Waals surface area contributed by atoms with Crippen molar-refractivity contribution in [2.45, 2.75) is 0 Å². The molecule has 152 valence electrons. The van der Waals surface area contributed by atoms with Gasteiger partial charge in [-0.3, -0.25) is 4.99 Å². The van der Waals surface area contributed by atoms with Crippen LogP contribution in [0.3, 0.4) is 0 Å². The van der Waals surface area contributed by atoms with Gasteiger partial charge in [-0.25, -0.2) is 0 Å². The van der Waals surface area contributed by atoms with Gasteiger partial charge in [-0.1, -0.05) is 12.1 Å². The Hall–Kier alpha value is -3.31. The fourth-order valence-electron chi connectivity index (χ4n) is 4.01. The Balaban J connectivity index is 1.33. The van der Waals surface area contributed by atoms with E-state index in [1.165, 1.54) is 16.8 Å². The monoisotopic (exact) mass is 398 g/mol. The average Bonchev–Trinajstić information content (AvgIpc) is 3.33. The second-order valence-electron chi connectivity index (χ2n) is 7.93. The number of piperazine rings is 1. The lowest BCUT2D eigenvalue weighted by atomic mass is 9.94. The first kappa shape index (κ1) is 18.7. The first-order valence-corrected chi connectivity index (χ1v) is 10.4. The molecule has 1 N–H and O–H groups in total. The van der Waals surface area contributed by atoms with Gasteiger partial charge in [0.2, 0.25) is 0 Å². The summed E-state index contributed by atoms with van der Waals surface area (Å²) < 4.78 is 5.24. The van der Waals surface area contributed by atoms with E-state index in [0.717, 1.165) is 48.6 Å². The Morgan fingerprint density at radius 2 is 1.80 bits per heavy atom. The van der Waals surface area contributed by atoms with Crippen molar-refractivity contribution in [3.05, 3.63) is 78.4 Å². The summed E-state index contributed by atoms with van der Waals surface area (Å²) in [5, 5.41) is 3.47. The Labute approximate surface area is 177 Å². The predicted octanol–water partition coefficient (Wildman–Crippen LogP) is 4.58. The van der Waals surface area contributed by atoms with Gasteiger partial charge in [-0.2, -0.15) is 0 Å². The zero-order valence-electron chi connectivity index (χ0n) is 17.2. The fourth-order valence-corrected chi connectivity index (χ4v) is 4.01. The van der Waals surface area contributed by atoms with Crippen molar-refractivity contribution in [2.75, 3.05) is 50.0 Å². The maximum Gasteiger partial charge on any atom is 0.0980 e. The molecule has 1 saturated heterocycles. The topological polar surface area (TPSA) is 44.0 Å². The number of nitrogens with zero attached hydrogens (tertiary/aromatic N) is 3. The zero-order valence-corrected chi connectivity index (χ0v) is 17.2. The highest BCUT2D eigenvalue weighted by Crippen LogP contribution is 2.29. The lowest BCUT2D eigenvalue weighted by molar-refractivity contribution is 0.313. The van der Waals surface area contributed by atoms with E-state index in [-0.39, 0.29) is 0 Å². The van der Waals surface area contributed by atoms with Crippen LogP contribution >= 0.6 is 0 Å². The van der Waals surface area contributed by atoms with Gasteiger partial charge in [0.15, 0.2) is 0 Å². The van der Waals surface area contributed by atoms with Crippen LogP contribution in [0, 0.1) is 0 Å². The van der Waals surface area contributed by atoms with Gasteiger partial charge in [0.1, 0.15) is 0 Å². The molecule has 2 aromatic carbocycles. The van der Waals surface area contributed by atoms with E-state index in [1.54, 1.807) is 12.5 Å². The molecule has 5 rings (SSSR count). The summed E-state index contributed by atoms with van der Waals surface area (Å²) in [5.74, 6) is 0. The molecule has 0 aliphatic carbocycles. The molecule has 0 unspecified atom stereocenters. The molecule has 0 saturated carbocycles. The summed E-state index contributed by atoms with van der Waals surface area (Å²) in [6.07, 6.45) is 7.53. The molecular weight excluding hydrogens is 372 g/mol. The quantitative estimate of drug-likeness (QED) is 0.698. The molecule has 2 aliphatic heterocycles. The highest BCUT2D eigenvalue weighted by Gasteiger charge is 2.15. The highest BCUT2D eigenvalue weighted by molar-refractivity contribution is 5.94. The lowest BCUT2D eigenvalue weighted by Crippen LogP contribution is -2.44. The van der Waals surface area contributed by atoms with Crippen LogP contribution in [0.4, 0.5) is 11.4 Å². The Kier molecular flexibility index (Phi) is 5.11. The summed E-state index contributed by atoms with van der Waals surface area (Å²) in [6.45, 7) is 5.08. The van der Waals surface area contributed by atoms with Gasteiger partial charge in [-0.15, -0.1) is 0 Å². The van der Waals surface area contributed by atoms with Gasteiger partial charge in [0.25, 0.3) is 0 Å². The number of likely N-dealkylation sites (N-methyl/N-ethyl adjacent to an activating group) is 1. The number of anilines is 2. The number of benzene rings is 2. The number of nitrogens with one attached hydrogen (secondary N) is 1. The van der Waals surface area contributed by atoms with Crippen molar-refractivity contribution in [3.63, 3.8) is 0 Å². The van der Waals surface area contributed by atoms with Crippen molar-refractivity contribution in [1.82, 2.24) is 4.90 Å². The van der Waals surface area contributed by atoms with Crippen LogP contribution < -0.4 is 10.2 Å². The molecule has 0 spiro atoms. The van der Waals surface area contributed by atoms with E-state index < -0.39 is 0 Å². The standard InChI is InChI=1S/C25H26N4O/c1-28-9-11-29(12-10-28)24-6-4-23(5-7-24)27-17-22-16-26-15-20-3-2-19(14-25(20)22)21-8-13-30-18-21/h2-8,13-15,17-18,27H,9-12,16H2,1H3/b22-17+. The second-order valence-corrected chi connectivity index (χ2v) is 7.93. The first-order valence-electron chi connectivity index (χ1n) is 10.4. The molecule has 3 heterocycles. The third kappa shape index (κ3) is 3.89. The van der Waals surface area contributed by atoms with Crippen LogP contribution in [-0.2, 0) is 0 Å². The normalized spacial score (nSPS) is 17.9. The smallest absolute Gasteiger partial charge is 0.0980 e. The van der Waals surface area contributed by atoms with Crippen molar-refractivity contribution in [3.8, 4) is 11.1 Å². The van der Waals surface area contributed by atoms with E-state index in [1.807, 2.05) is 12.3 Å². The Morgan fingerprint density at radius 1 is 0.967 bits per heavy atom. The van der Waals surface area contributed by atoms with Crippen LogP contribution in [0.15, 0.2) is 76.7 Å². The van der Waals surface area contributed by atoms with Gasteiger partial charge in [-0.05, 0) is 65.7 Å². The predicted molar refractivity (Wildman–Crippen MR) is 124 cm³/mol. The number of hydrogen-bond donors (Lipinski definition) is 1. The minimum atomic E-state index is 0.675. The van der Waals surface area contributed by atoms with Crippen LogP contribution in [0.5, 0.6) is 0 Å². The maximum atomic E-state index is 5.24. The largest absolute Gasteiger partial charge is 0.472 e. The molecule has 30 heavy (non-hydrogen) atoms. The molecule has 5 nitrogen and oxygen atoms in total. The molecule has 1 fully saturated rings. The molecule has 0 atom stereocenters. The van der Waals surface area contributed by atoms with E-state index in [4.69, 9.17) is 4.42 Å². The van der Waals surface area contributed by atoms with E-state index in [0.29, 0.717) is 6.54 Å². The van der Waals surface area contributed by atoms with Gasteiger partial charge < -0.3 is 19.5 Å². The molecule has 1 aromatic heterocycles. The number of rotatable bonds is 4. The molecule has 0 radical (unpaired) electrons. The third-order valence-electron chi connectivity index (χ3n) is 5.89. The summed E-state index contributed by atoms with van der Waals surface area (Å²) >= 11 is 0. The van der Waals surface area contributed by atoms with Crippen LogP contribution in [0.1, 0.15) is 11.1 Å². The summed E-state index contributed by atoms with van der Waals surface area (Å²) in [7, 11) is 2.18. The molecule has 5 heteroatoms. The summed E-state index contributed by atoms with van der Waals surface area (Å²) in [4.78, 5) is 9.35. The Bertz CT molecular complexity index is 1060. The number of hydrogen-bond acceptors (Lipinski definition) is 5.